The maximum atomic E-state index is 12.2. The molecule has 0 bridgehead atoms. The van der Waals surface area contributed by atoms with E-state index in [1.54, 1.807) is 28.7 Å². The molecule has 1 fully saturated rings. The molecule has 3 heterocycles. The zero-order valence-corrected chi connectivity index (χ0v) is 11.6. The van der Waals surface area contributed by atoms with Gasteiger partial charge in [-0.05, 0) is 6.07 Å². The van der Waals surface area contributed by atoms with E-state index in [4.69, 9.17) is 5.73 Å². The highest BCUT2D eigenvalue weighted by atomic mass is 32.1. The van der Waals surface area contributed by atoms with Crippen molar-refractivity contribution >= 4 is 28.3 Å². The molecule has 0 aliphatic carbocycles. The van der Waals surface area contributed by atoms with Crippen molar-refractivity contribution in [3.05, 3.63) is 29.5 Å². The molecular weight excluding hydrogens is 276 g/mol. The third kappa shape index (κ3) is 2.55. The standard InChI is InChI=1S/C12H14N6OS/c13-11-16-9(8-20-11)10(19)17-4-6-18(7-5-17)12-14-2-1-3-15-12/h1-3,8H,4-7H2,(H2,13,16). The third-order valence-corrected chi connectivity index (χ3v) is 3.82. The maximum absolute atomic E-state index is 12.2. The van der Waals surface area contributed by atoms with Gasteiger partial charge in [0.05, 0.1) is 0 Å². The number of rotatable bonds is 2. The van der Waals surface area contributed by atoms with Gasteiger partial charge in [-0.25, -0.2) is 15.0 Å². The first-order valence-corrected chi connectivity index (χ1v) is 7.14. The van der Waals surface area contributed by atoms with E-state index in [1.165, 1.54) is 11.3 Å². The van der Waals surface area contributed by atoms with Crippen molar-refractivity contribution < 1.29 is 4.79 Å². The molecule has 1 aliphatic rings. The minimum Gasteiger partial charge on any atom is -0.375 e. The lowest BCUT2D eigenvalue weighted by Gasteiger charge is -2.34. The van der Waals surface area contributed by atoms with Gasteiger partial charge in [0, 0.05) is 44.0 Å². The van der Waals surface area contributed by atoms with E-state index in [2.05, 4.69) is 19.9 Å². The minimum atomic E-state index is -0.0634. The molecule has 3 rings (SSSR count). The molecular formula is C12H14N6OS. The highest BCUT2D eigenvalue weighted by Crippen LogP contribution is 2.15. The van der Waals surface area contributed by atoms with Crippen LogP contribution in [-0.4, -0.2) is 51.9 Å². The number of amides is 1. The molecule has 2 aromatic heterocycles. The SMILES string of the molecule is Nc1nc(C(=O)N2CCN(c3ncccn3)CC2)cs1. The van der Waals surface area contributed by atoms with Crippen molar-refractivity contribution in [2.75, 3.05) is 36.8 Å². The predicted molar refractivity (Wildman–Crippen MR) is 76.7 cm³/mol. The smallest absolute Gasteiger partial charge is 0.273 e. The molecule has 2 N–H and O–H groups in total. The van der Waals surface area contributed by atoms with Crippen LogP contribution in [0.25, 0.3) is 0 Å². The van der Waals surface area contributed by atoms with Crippen molar-refractivity contribution in [2.45, 2.75) is 0 Å². The Morgan fingerprint density at radius 1 is 1.20 bits per heavy atom. The second-order valence-electron chi connectivity index (χ2n) is 4.40. The minimum absolute atomic E-state index is 0.0634. The van der Waals surface area contributed by atoms with Gasteiger partial charge in [-0.3, -0.25) is 4.79 Å². The number of anilines is 2. The van der Waals surface area contributed by atoms with E-state index in [0.717, 1.165) is 13.1 Å². The summed E-state index contributed by atoms with van der Waals surface area (Å²) in [4.78, 5) is 28.5. The summed E-state index contributed by atoms with van der Waals surface area (Å²) in [6.45, 7) is 2.70. The molecule has 7 nitrogen and oxygen atoms in total. The molecule has 2 aromatic rings. The fourth-order valence-corrected chi connectivity index (χ4v) is 2.65. The number of nitrogens with two attached hydrogens (primary N) is 1. The molecule has 1 aliphatic heterocycles. The van der Waals surface area contributed by atoms with Gasteiger partial charge >= 0.3 is 0 Å². The first-order valence-electron chi connectivity index (χ1n) is 6.26. The molecule has 0 saturated carbocycles. The van der Waals surface area contributed by atoms with E-state index in [-0.39, 0.29) is 5.91 Å². The number of piperazine rings is 1. The lowest BCUT2D eigenvalue weighted by molar-refractivity contribution is 0.0741. The summed E-state index contributed by atoms with van der Waals surface area (Å²) in [6, 6.07) is 1.79. The van der Waals surface area contributed by atoms with Crippen LogP contribution in [0.15, 0.2) is 23.8 Å². The second-order valence-corrected chi connectivity index (χ2v) is 5.29. The number of nitrogen functional groups attached to an aromatic ring is 1. The molecule has 0 radical (unpaired) electrons. The topological polar surface area (TPSA) is 88.2 Å². The Morgan fingerprint density at radius 2 is 1.90 bits per heavy atom. The summed E-state index contributed by atoms with van der Waals surface area (Å²) in [7, 11) is 0. The van der Waals surface area contributed by atoms with Crippen LogP contribution in [-0.2, 0) is 0 Å². The van der Waals surface area contributed by atoms with Crippen molar-refractivity contribution in [1.82, 2.24) is 19.9 Å². The highest BCUT2D eigenvalue weighted by molar-refractivity contribution is 7.13. The number of hydrogen-bond acceptors (Lipinski definition) is 7. The Hall–Kier alpha value is -2.22. The van der Waals surface area contributed by atoms with Crippen LogP contribution in [0.2, 0.25) is 0 Å². The zero-order valence-electron chi connectivity index (χ0n) is 10.8. The van der Waals surface area contributed by atoms with E-state index >= 15 is 0 Å². The van der Waals surface area contributed by atoms with Crippen molar-refractivity contribution in [1.29, 1.82) is 0 Å². The third-order valence-electron chi connectivity index (χ3n) is 3.14. The first-order chi connectivity index (χ1) is 9.74. The van der Waals surface area contributed by atoms with Gasteiger partial charge in [-0.15, -0.1) is 11.3 Å². The lowest BCUT2D eigenvalue weighted by atomic mass is 10.3. The maximum Gasteiger partial charge on any atom is 0.273 e. The number of aromatic nitrogens is 3. The Labute approximate surface area is 120 Å². The average molecular weight is 290 g/mol. The van der Waals surface area contributed by atoms with Gasteiger partial charge in [0.1, 0.15) is 5.69 Å². The molecule has 8 heteroatoms. The Morgan fingerprint density at radius 3 is 2.50 bits per heavy atom. The van der Waals surface area contributed by atoms with Crippen molar-refractivity contribution in [3.63, 3.8) is 0 Å². The van der Waals surface area contributed by atoms with Crippen LogP contribution in [0.5, 0.6) is 0 Å². The Balaban J connectivity index is 1.63. The fourth-order valence-electron chi connectivity index (χ4n) is 2.11. The summed E-state index contributed by atoms with van der Waals surface area (Å²) < 4.78 is 0. The summed E-state index contributed by atoms with van der Waals surface area (Å²) >= 11 is 1.28. The van der Waals surface area contributed by atoms with Gasteiger partial charge < -0.3 is 15.5 Å². The van der Waals surface area contributed by atoms with E-state index in [9.17, 15) is 4.79 Å². The van der Waals surface area contributed by atoms with Gasteiger partial charge in [-0.2, -0.15) is 0 Å². The molecule has 1 saturated heterocycles. The summed E-state index contributed by atoms with van der Waals surface area (Å²) in [5.74, 6) is 0.643. The monoisotopic (exact) mass is 290 g/mol. The van der Waals surface area contributed by atoms with Crippen LogP contribution in [0.3, 0.4) is 0 Å². The quantitative estimate of drug-likeness (QED) is 0.865. The molecule has 1 amide bonds. The normalized spacial score (nSPS) is 15.4. The van der Waals surface area contributed by atoms with Gasteiger partial charge in [0.15, 0.2) is 5.13 Å². The summed E-state index contributed by atoms with van der Waals surface area (Å²) in [5, 5.41) is 2.12. The number of nitrogens with zero attached hydrogens (tertiary/aromatic N) is 5. The van der Waals surface area contributed by atoms with Gasteiger partial charge in [0.2, 0.25) is 5.95 Å². The second kappa shape index (κ2) is 5.41. The molecule has 104 valence electrons. The number of hydrogen-bond donors (Lipinski definition) is 1. The van der Waals surface area contributed by atoms with Crippen molar-refractivity contribution in [2.24, 2.45) is 0 Å². The average Bonchev–Trinajstić information content (AvgIpc) is 2.94. The number of carbonyl (C=O) groups is 1. The fraction of sp³-hybridized carbons (Fsp3) is 0.333. The largest absolute Gasteiger partial charge is 0.375 e. The Kier molecular flexibility index (Phi) is 3.46. The van der Waals surface area contributed by atoms with E-state index < -0.39 is 0 Å². The van der Waals surface area contributed by atoms with E-state index in [0.29, 0.717) is 29.9 Å². The molecule has 0 spiro atoms. The number of thiazole rings is 1. The van der Waals surface area contributed by atoms with E-state index in [1.807, 2.05) is 0 Å². The van der Waals surface area contributed by atoms with Gasteiger partial charge in [-0.1, -0.05) is 0 Å². The number of carbonyl (C=O) groups excluding carboxylic acids is 1. The molecule has 0 aromatic carbocycles. The zero-order chi connectivity index (χ0) is 13.9. The van der Waals surface area contributed by atoms with Crippen LogP contribution in [0.4, 0.5) is 11.1 Å². The lowest BCUT2D eigenvalue weighted by Crippen LogP contribution is -2.49. The predicted octanol–water partition coefficient (Wildman–Crippen LogP) is 0.478. The van der Waals surface area contributed by atoms with Gasteiger partial charge in [0.25, 0.3) is 5.91 Å². The molecule has 0 unspecified atom stereocenters. The van der Waals surface area contributed by atoms with Crippen LogP contribution >= 0.6 is 11.3 Å². The highest BCUT2D eigenvalue weighted by Gasteiger charge is 2.24. The van der Waals surface area contributed by atoms with Crippen molar-refractivity contribution in [3.8, 4) is 0 Å². The molecule has 20 heavy (non-hydrogen) atoms. The van der Waals surface area contributed by atoms with Crippen LogP contribution < -0.4 is 10.6 Å². The van der Waals surface area contributed by atoms with Crippen LogP contribution in [0, 0.1) is 0 Å². The summed E-state index contributed by atoms with van der Waals surface area (Å²) in [5.41, 5.74) is 5.98. The molecule has 0 atom stereocenters. The summed E-state index contributed by atoms with van der Waals surface area (Å²) in [6.07, 6.45) is 3.44. The Bertz CT molecular complexity index is 593. The first kappa shape index (κ1) is 12.8. The van der Waals surface area contributed by atoms with Crippen LogP contribution in [0.1, 0.15) is 10.5 Å².